The van der Waals surface area contributed by atoms with E-state index < -0.39 is 5.97 Å². The molecule has 4 nitrogen and oxygen atoms in total. The lowest BCUT2D eigenvalue weighted by atomic mass is 9.76. The van der Waals surface area contributed by atoms with Gasteiger partial charge in [0.1, 0.15) is 0 Å². The summed E-state index contributed by atoms with van der Waals surface area (Å²) >= 11 is 0. The molecule has 0 aliphatic carbocycles. The number of carboxylic acid groups (broad SMARTS) is 1. The number of hydrogen-bond donors (Lipinski definition) is 2. The molecule has 0 aliphatic rings. The van der Waals surface area contributed by atoms with E-state index in [0.717, 1.165) is 19.3 Å². The van der Waals surface area contributed by atoms with Crippen molar-refractivity contribution in [2.24, 2.45) is 11.3 Å². The van der Waals surface area contributed by atoms with Gasteiger partial charge in [-0.3, -0.25) is 9.59 Å². The number of amides is 1. The van der Waals surface area contributed by atoms with Gasteiger partial charge in [-0.05, 0) is 30.6 Å². The lowest BCUT2D eigenvalue weighted by Gasteiger charge is -2.30. The Morgan fingerprint density at radius 2 is 1.71 bits per heavy atom. The van der Waals surface area contributed by atoms with E-state index in [1.807, 2.05) is 0 Å². The van der Waals surface area contributed by atoms with Crippen molar-refractivity contribution in [2.45, 2.75) is 79.1 Å². The zero-order valence-electron chi connectivity index (χ0n) is 14.2. The zero-order valence-corrected chi connectivity index (χ0v) is 14.2. The van der Waals surface area contributed by atoms with Gasteiger partial charge in [-0.15, -0.1) is 0 Å². The van der Waals surface area contributed by atoms with Crippen LogP contribution in [0.3, 0.4) is 0 Å². The molecular formula is C17H33NO3. The van der Waals surface area contributed by atoms with Crippen molar-refractivity contribution in [1.82, 2.24) is 5.32 Å². The first kappa shape index (κ1) is 19.9. The van der Waals surface area contributed by atoms with Crippen LogP contribution < -0.4 is 5.32 Å². The lowest BCUT2D eigenvalue weighted by Crippen LogP contribution is -2.29. The summed E-state index contributed by atoms with van der Waals surface area (Å²) in [5, 5.41) is 11.8. The number of carboxylic acids is 1. The number of hydrogen-bond acceptors (Lipinski definition) is 2. The van der Waals surface area contributed by atoms with Crippen LogP contribution in [0.4, 0.5) is 0 Å². The van der Waals surface area contributed by atoms with Gasteiger partial charge in [0, 0.05) is 19.4 Å². The molecule has 0 rings (SSSR count). The lowest BCUT2D eigenvalue weighted by molar-refractivity contribution is -0.137. The highest BCUT2D eigenvalue weighted by atomic mass is 16.4. The second-order valence-electron chi connectivity index (χ2n) is 6.94. The molecule has 124 valence electrons. The second kappa shape index (κ2) is 10.6. The Morgan fingerprint density at radius 3 is 2.24 bits per heavy atom. The van der Waals surface area contributed by atoms with Gasteiger partial charge in [0.05, 0.1) is 0 Å². The molecule has 0 aromatic carbocycles. The minimum Gasteiger partial charge on any atom is -0.481 e. The second-order valence-corrected chi connectivity index (χ2v) is 6.94. The normalized spacial score (nSPS) is 13.0. The Morgan fingerprint density at radius 1 is 1.05 bits per heavy atom. The van der Waals surface area contributed by atoms with E-state index >= 15 is 0 Å². The van der Waals surface area contributed by atoms with Crippen molar-refractivity contribution in [3.8, 4) is 0 Å². The zero-order chi connectivity index (χ0) is 16.3. The largest absolute Gasteiger partial charge is 0.481 e. The Kier molecular flexibility index (Phi) is 10.1. The van der Waals surface area contributed by atoms with Crippen LogP contribution in [0.25, 0.3) is 0 Å². The van der Waals surface area contributed by atoms with E-state index in [2.05, 4.69) is 33.0 Å². The van der Waals surface area contributed by atoms with Gasteiger partial charge in [-0.25, -0.2) is 0 Å². The number of rotatable bonds is 11. The van der Waals surface area contributed by atoms with Crippen LogP contribution in [0.2, 0.25) is 0 Å². The molecule has 0 saturated heterocycles. The standard InChI is InChI=1S/C17H33NO3/c1-5-6-7-8-9-15(19)18-13-12-14(17(2,3)4)10-11-16(20)21/h14H,5-13H2,1-4H3,(H,18,19)(H,20,21). The Bertz CT molecular complexity index is 308. The first-order valence-corrected chi connectivity index (χ1v) is 8.25. The Balaban J connectivity index is 3.96. The number of nitrogens with one attached hydrogen (secondary N) is 1. The van der Waals surface area contributed by atoms with Crippen LogP contribution in [0, 0.1) is 11.3 Å². The number of unbranched alkanes of at least 4 members (excludes halogenated alkanes) is 3. The monoisotopic (exact) mass is 299 g/mol. The quantitative estimate of drug-likeness (QED) is 0.567. The van der Waals surface area contributed by atoms with Crippen molar-refractivity contribution >= 4 is 11.9 Å². The van der Waals surface area contributed by atoms with E-state index in [0.29, 0.717) is 25.3 Å². The smallest absolute Gasteiger partial charge is 0.303 e. The highest BCUT2D eigenvalue weighted by Gasteiger charge is 2.24. The third-order valence-electron chi connectivity index (χ3n) is 4.00. The summed E-state index contributed by atoms with van der Waals surface area (Å²) in [5.41, 5.74) is 0.0707. The third-order valence-corrected chi connectivity index (χ3v) is 4.00. The summed E-state index contributed by atoms with van der Waals surface area (Å²) in [6, 6.07) is 0. The van der Waals surface area contributed by atoms with E-state index in [1.165, 1.54) is 12.8 Å². The summed E-state index contributed by atoms with van der Waals surface area (Å²) in [5.74, 6) is -0.310. The number of carbonyl (C=O) groups excluding carboxylic acids is 1. The molecule has 0 bridgehead atoms. The first-order valence-electron chi connectivity index (χ1n) is 8.25. The van der Waals surface area contributed by atoms with Gasteiger partial charge in [0.2, 0.25) is 5.91 Å². The maximum atomic E-state index is 11.7. The topological polar surface area (TPSA) is 66.4 Å². The Hall–Kier alpha value is -1.06. The summed E-state index contributed by atoms with van der Waals surface area (Å²) in [4.78, 5) is 22.4. The van der Waals surface area contributed by atoms with Crippen LogP contribution in [0.1, 0.15) is 79.1 Å². The summed E-state index contributed by atoms with van der Waals surface area (Å²) in [6.45, 7) is 9.20. The molecule has 0 radical (unpaired) electrons. The van der Waals surface area contributed by atoms with E-state index in [9.17, 15) is 9.59 Å². The SMILES string of the molecule is CCCCCCC(=O)NCCC(CCC(=O)O)C(C)(C)C. The predicted octanol–water partition coefficient (Wildman–Crippen LogP) is 3.99. The molecule has 1 atom stereocenters. The van der Waals surface area contributed by atoms with Gasteiger partial charge >= 0.3 is 5.97 Å². The van der Waals surface area contributed by atoms with Crippen LogP contribution >= 0.6 is 0 Å². The average Bonchev–Trinajstić information content (AvgIpc) is 2.37. The molecule has 0 saturated carbocycles. The van der Waals surface area contributed by atoms with E-state index in [4.69, 9.17) is 5.11 Å². The fourth-order valence-electron chi connectivity index (χ4n) is 2.49. The van der Waals surface area contributed by atoms with Crippen molar-refractivity contribution < 1.29 is 14.7 Å². The first-order chi connectivity index (χ1) is 9.77. The van der Waals surface area contributed by atoms with Crippen LogP contribution in [0.15, 0.2) is 0 Å². The van der Waals surface area contributed by atoms with Gasteiger partial charge in [-0.2, -0.15) is 0 Å². The van der Waals surface area contributed by atoms with Gasteiger partial charge in [0.25, 0.3) is 0 Å². The third kappa shape index (κ3) is 11.3. The highest BCUT2D eigenvalue weighted by Crippen LogP contribution is 2.32. The van der Waals surface area contributed by atoms with Crippen molar-refractivity contribution in [3.63, 3.8) is 0 Å². The van der Waals surface area contributed by atoms with Crippen molar-refractivity contribution in [3.05, 3.63) is 0 Å². The fraction of sp³-hybridized carbons (Fsp3) is 0.882. The predicted molar refractivity (Wildman–Crippen MR) is 86.2 cm³/mol. The molecule has 0 heterocycles. The highest BCUT2D eigenvalue weighted by molar-refractivity contribution is 5.75. The van der Waals surface area contributed by atoms with Crippen LogP contribution in [-0.4, -0.2) is 23.5 Å². The molecular weight excluding hydrogens is 266 g/mol. The maximum Gasteiger partial charge on any atom is 0.303 e. The molecule has 0 aromatic rings. The maximum absolute atomic E-state index is 11.7. The summed E-state index contributed by atoms with van der Waals surface area (Å²) < 4.78 is 0. The van der Waals surface area contributed by atoms with Crippen molar-refractivity contribution in [2.75, 3.05) is 6.54 Å². The summed E-state index contributed by atoms with van der Waals surface area (Å²) in [7, 11) is 0. The average molecular weight is 299 g/mol. The molecule has 2 N–H and O–H groups in total. The molecule has 21 heavy (non-hydrogen) atoms. The fourth-order valence-corrected chi connectivity index (χ4v) is 2.49. The van der Waals surface area contributed by atoms with Crippen LogP contribution in [0.5, 0.6) is 0 Å². The number of carbonyl (C=O) groups is 2. The number of aliphatic carboxylic acids is 1. The molecule has 0 spiro atoms. The minimum atomic E-state index is -0.746. The van der Waals surface area contributed by atoms with Crippen LogP contribution in [-0.2, 0) is 9.59 Å². The molecule has 4 heteroatoms. The Labute approximate surface area is 129 Å². The minimum absolute atomic E-state index is 0.0707. The van der Waals surface area contributed by atoms with E-state index in [-0.39, 0.29) is 17.7 Å². The molecule has 0 fully saturated rings. The van der Waals surface area contributed by atoms with Crippen molar-refractivity contribution in [1.29, 1.82) is 0 Å². The molecule has 1 amide bonds. The molecule has 0 aliphatic heterocycles. The summed E-state index contributed by atoms with van der Waals surface area (Å²) in [6.07, 6.45) is 6.77. The molecule has 0 aromatic heterocycles. The van der Waals surface area contributed by atoms with Gasteiger partial charge in [0.15, 0.2) is 0 Å². The van der Waals surface area contributed by atoms with Gasteiger partial charge < -0.3 is 10.4 Å². The molecule has 1 unspecified atom stereocenters. The van der Waals surface area contributed by atoms with Gasteiger partial charge in [-0.1, -0.05) is 47.0 Å². The van der Waals surface area contributed by atoms with E-state index in [1.54, 1.807) is 0 Å².